The maximum absolute atomic E-state index is 12.1. The van der Waals surface area contributed by atoms with Gasteiger partial charge in [0.15, 0.2) is 9.84 Å². The van der Waals surface area contributed by atoms with Gasteiger partial charge in [-0.3, -0.25) is 4.79 Å². The number of hydrogen-bond donors (Lipinski definition) is 2. The molecule has 0 aliphatic heterocycles. The first-order valence-corrected chi connectivity index (χ1v) is 9.19. The zero-order valence-electron chi connectivity index (χ0n) is 13.4. The molecule has 1 amide bonds. The van der Waals surface area contributed by atoms with E-state index in [0.717, 1.165) is 11.4 Å². The Bertz CT molecular complexity index is 800. The molecule has 1 atom stereocenters. The van der Waals surface area contributed by atoms with E-state index >= 15 is 0 Å². The highest BCUT2D eigenvalue weighted by Crippen LogP contribution is 2.19. The van der Waals surface area contributed by atoms with Crippen LogP contribution in [-0.4, -0.2) is 25.3 Å². The summed E-state index contributed by atoms with van der Waals surface area (Å²) in [6.07, 6.45) is 1.28. The summed E-state index contributed by atoms with van der Waals surface area (Å²) in [7, 11) is -3.52. The zero-order chi connectivity index (χ0) is 17.6. The van der Waals surface area contributed by atoms with Crippen LogP contribution in [0, 0.1) is 0 Å². The molecule has 24 heavy (non-hydrogen) atoms. The van der Waals surface area contributed by atoms with E-state index in [2.05, 4.69) is 17.2 Å². The van der Waals surface area contributed by atoms with Gasteiger partial charge >= 0.3 is 0 Å². The maximum Gasteiger partial charge on any atom is 0.242 e. The fraction of sp³-hybridized carbons (Fsp3) is 0.167. The molecular formula is C18H20N2O3S. The number of amides is 1. The lowest BCUT2D eigenvalue weighted by Gasteiger charge is -2.13. The predicted molar refractivity (Wildman–Crippen MR) is 98.2 cm³/mol. The lowest BCUT2D eigenvalue weighted by Crippen LogP contribution is -2.33. The van der Waals surface area contributed by atoms with Gasteiger partial charge in [0.1, 0.15) is 5.25 Å². The third kappa shape index (κ3) is 4.70. The minimum absolute atomic E-state index is 0.221. The standard InChI is InChI=1S/C18H20N2O3S/c1-3-13-24(22,23)14(2)18(21)20-17-11-9-16(10-12-17)19-15-7-5-4-6-8-15/h3-12,14,19H,1,13H2,2H3,(H,20,21). The first-order chi connectivity index (χ1) is 11.4. The lowest BCUT2D eigenvalue weighted by atomic mass is 10.2. The molecule has 2 aromatic carbocycles. The minimum Gasteiger partial charge on any atom is -0.356 e. The predicted octanol–water partition coefficient (Wildman–Crippen LogP) is 3.36. The van der Waals surface area contributed by atoms with Crippen LogP contribution in [0.1, 0.15) is 6.92 Å². The molecule has 6 heteroatoms. The van der Waals surface area contributed by atoms with Gasteiger partial charge in [-0.2, -0.15) is 0 Å². The van der Waals surface area contributed by atoms with Crippen molar-refractivity contribution in [3.05, 3.63) is 67.3 Å². The summed E-state index contributed by atoms with van der Waals surface area (Å²) in [4.78, 5) is 12.1. The maximum atomic E-state index is 12.1. The van der Waals surface area contributed by atoms with E-state index in [0.29, 0.717) is 5.69 Å². The van der Waals surface area contributed by atoms with Crippen molar-refractivity contribution in [3.63, 3.8) is 0 Å². The third-order valence-corrected chi connectivity index (χ3v) is 5.46. The van der Waals surface area contributed by atoms with Gasteiger partial charge in [-0.25, -0.2) is 8.42 Å². The number of hydrogen-bond acceptors (Lipinski definition) is 4. The molecule has 0 saturated heterocycles. The van der Waals surface area contributed by atoms with E-state index in [1.54, 1.807) is 12.1 Å². The quantitative estimate of drug-likeness (QED) is 0.755. The number of anilines is 3. The van der Waals surface area contributed by atoms with E-state index in [1.807, 2.05) is 42.5 Å². The van der Waals surface area contributed by atoms with Crippen LogP contribution in [-0.2, 0) is 14.6 Å². The number of benzene rings is 2. The smallest absolute Gasteiger partial charge is 0.242 e. The van der Waals surface area contributed by atoms with Crippen molar-refractivity contribution >= 4 is 32.8 Å². The van der Waals surface area contributed by atoms with E-state index in [9.17, 15) is 13.2 Å². The Kier molecular flexibility index (Phi) is 5.76. The number of para-hydroxylation sites is 1. The highest BCUT2D eigenvalue weighted by atomic mass is 32.2. The Hall–Kier alpha value is -2.60. The van der Waals surface area contributed by atoms with Gasteiger partial charge in [0.25, 0.3) is 0 Å². The fourth-order valence-corrected chi connectivity index (χ4v) is 3.04. The second-order valence-corrected chi connectivity index (χ2v) is 7.68. The highest BCUT2D eigenvalue weighted by molar-refractivity contribution is 7.92. The Morgan fingerprint density at radius 3 is 2.17 bits per heavy atom. The third-order valence-electron chi connectivity index (χ3n) is 3.47. The van der Waals surface area contributed by atoms with Crippen LogP contribution in [0.4, 0.5) is 17.1 Å². The second kappa shape index (κ2) is 7.79. The van der Waals surface area contributed by atoms with Crippen molar-refractivity contribution < 1.29 is 13.2 Å². The van der Waals surface area contributed by atoms with Gasteiger partial charge in [-0.05, 0) is 43.3 Å². The molecule has 5 nitrogen and oxygen atoms in total. The molecule has 2 rings (SSSR count). The average Bonchev–Trinajstić information content (AvgIpc) is 2.57. The number of rotatable bonds is 7. The molecule has 0 aromatic heterocycles. The summed E-state index contributed by atoms with van der Waals surface area (Å²) >= 11 is 0. The van der Waals surface area contributed by atoms with Gasteiger partial charge in [-0.1, -0.05) is 24.3 Å². The number of nitrogens with one attached hydrogen (secondary N) is 2. The van der Waals surface area contributed by atoms with Crippen molar-refractivity contribution in [2.75, 3.05) is 16.4 Å². The van der Waals surface area contributed by atoms with Crippen LogP contribution in [0.2, 0.25) is 0 Å². The van der Waals surface area contributed by atoms with E-state index in [1.165, 1.54) is 13.0 Å². The Morgan fingerprint density at radius 1 is 1.04 bits per heavy atom. The Balaban J connectivity index is 2.01. The van der Waals surface area contributed by atoms with Crippen LogP contribution in [0.15, 0.2) is 67.3 Å². The topological polar surface area (TPSA) is 75.3 Å². The minimum atomic E-state index is -3.52. The van der Waals surface area contributed by atoms with Crippen molar-refractivity contribution in [1.29, 1.82) is 0 Å². The van der Waals surface area contributed by atoms with E-state index < -0.39 is 21.0 Å². The number of sulfone groups is 1. The van der Waals surface area contributed by atoms with Crippen LogP contribution in [0.3, 0.4) is 0 Å². The normalized spacial score (nSPS) is 12.2. The summed E-state index contributed by atoms with van der Waals surface area (Å²) in [5.74, 6) is -0.776. The first-order valence-electron chi connectivity index (χ1n) is 7.48. The van der Waals surface area contributed by atoms with Gasteiger partial charge in [0.2, 0.25) is 5.91 Å². The highest BCUT2D eigenvalue weighted by Gasteiger charge is 2.26. The van der Waals surface area contributed by atoms with Gasteiger partial charge in [0.05, 0.1) is 5.75 Å². The summed E-state index contributed by atoms with van der Waals surface area (Å²) in [5.41, 5.74) is 2.37. The summed E-state index contributed by atoms with van der Waals surface area (Å²) < 4.78 is 23.8. The molecule has 126 valence electrons. The Labute approximate surface area is 142 Å². The van der Waals surface area contributed by atoms with Gasteiger partial charge < -0.3 is 10.6 Å². The van der Waals surface area contributed by atoms with Gasteiger partial charge in [-0.15, -0.1) is 6.58 Å². The van der Waals surface area contributed by atoms with Gasteiger partial charge in [0, 0.05) is 17.1 Å². The molecule has 0 bridgehead atoms. The lowest BCUT2D eigenvalue weighted by molar-refractivity contribution is -0.115. The van der Waals surface area contributed by atoms with Crippen molar-refractivity contribution in [2.45, 2.75) is 12.2 Å². The zero-order valence-corrected chi connectivity index (χ0v) is 14.2. The van der Waals surface area contributed by atoms with Crippen LogP contribution >= 0.6 is 0 Å². The largest absolute Gasteiger partial charge is 0.356 e. The monoisotopic (exact) mass is 344 g/mol. The number of carbonyl (C=O) groups is 1. The SMILES string of the molecule is C=CCS(=O)(=O)C(C)C(=O)Nc1ccc(Nc2ccccc2)cc1. The molecule has 0 saturated carbocycles. The van der Waals surface area contributed by atoms with Crippen LogP contribution in [0.5, 0.6) is 0 Å². The second-order valence-electron chi connectivity index (χ2n) is 5.32. The van der Waals surface area contributed by atoms with Crippen molar-refractivity contribution in [3.8, 4) is 0 Å². The fourth-order valence-electron chi connectivity index (χ4n) is 2.04. The van der Waals surface area contributed by atoms with E-state index in [4.69, 9.17) is 0 Å². The molecule has 2 N–H and O–H groups in total. The van der Waals surface area contributed by atoms with Crippen LogP contribution < -0.4 is 10.6 Å². The van der Waals surface area contributed by atoms with Crippen LogP contribution in [0.25, 0.3) is 0 Å². The molecule has 0 heterocycles. The van der Waals surface area contributed by atoms with E-state index in [-0.39, 0.29) is 5.75 Å². The van der Waals surface area contributed by atoms with Crippen molar-refractivity contribution in [1.82, 2.24) is 0 Å². The molecule has 0 aliphatic carbocycles. The van der Waals surface area contributed by atoms with Crippen molar-refractivity contribution in [2.24, 2.45) is 0 Å². The molecular weight excluding hydrogens is 324 g/mol. The summed E-state index contributed by atoms with van der Waals surface area (Å²) in [6, 6.07) is 16.8. The summed E-state index contributed by atoms with van der Waals surface area (Å²) in [5, 5.41) is 4.72. The summed E-state index contributed by atoms with van der Waals surface area (Å²) in [6.45, 7) is 4.77. The molecule has 0 spiro atoms. The molecule has 2 aromatic rings. The molecule has 0 fully saturated rings. The molecule has 0 aliphatic rings. The Morgan fingerprint density at radius 2 is 1.58 bits per heavy atom. The molecule has 0 radical (unpaired) electrons. The molecule has 1 unspecified atom stereocenters. The average molecular weight is 344 g/mol. The number of carbonyl (C=O) groups excluding carboxylic acids is 1. The first kappa shape index (κ1) is 17.7.